The number of benzene rings is 1. The van der Waals surface area contributed by atoms with E-state index in [1.807, 2.05) is 12.1 Å². The molecule has 2 aromatic heterocycles. The number of carbonyl (C=O) groups excluding carboxylic acids is 2. The number of hydrogen-bond acceptors (Lipinski definition) is 5. The van der Waals surface area contributed by atoms with Crippen LogP contribution in [0.2, 0.25) is 10.0 Å². The van der Waals surface area contributed by atoms with Crippen molar-refractivity contribution in [3.8, 4) is 11.1 Å². The molecule has 0 N–H and O–H groups in total. The number of halogens is 2. The molecule has 0 saturated carbocycles. The molecule has 146 valence electrons. The number of aryl methyl sites for hydroxylation is 1. The van der Waals surface area contributed by atoms with Crippen LogP contribution < -0.4 is 0 Å². The molecule has 0 amide bonds. The van der Waals surface area contributed by atoms with Gasteiger partial charge in [0.2, 0.25) is 0 Å². The molecule has 0 aliphatic rings. The van der Waals surface area contributed by atoms with Crippen molar-refractivity contribution in [3.63, 3.8) is 0 Å². The lowest BCUT2D eigenvalue weighted by molar-refractivity contribution is -0.107. The molecule has 1 aromatic carbocycles. The first kappa shape index (κ1) is 20.3. The summed E-state index contributed by atoms with van der Waals surface area (Å²) >= 11 is 12.5. The van der Waals surface area contributed by atoms with Gasteiger partial charge >= 0.3 is 6.09 Å². The fraction of sp³-hybridized carbons (Fsp3) is 0.300. The van der Waals surface area contributed by atoms with Crippen LogP contribution in [0.1, 0.15) is 32.9 Å². The van der Waals surface area contributed by atoms with Gasteiger partial charge in [0.25, 0.3) is 0 Å². The molecule has 0 spiro atoms. The molecule has 0 aliphatic carbocycles. The highest BCUT2D eigenvalue weighted by atomic mass is 35.5. The summed E-state index contributed by atoms with van der Waals surface area (Å²) in [5.74, 6) is 0. The van der Waals surface area contributed by atoms with Crippen molar-refractivity contribution < 1.29 is 14.3 Å². The van der Waals surface area contributed by atoms with E-state index in [9.17, 15) is 9.59 Å². The van der Waals surface area contributed by atoms with E-state index in [-0.39, 0.29) is 0 Å². The van der Waals surface area contributed by atoms with Crippen molar-refractivity contribution in [2.24, 2.45) is 0 Å². The van der Waals surface area contributed by atoms with Crippen LogP contribution >= 0.6 is 23.2 Å². The van der Waals surface area contributed by atoms with E-state index in [1.54, 1.807) is 39.2 Å². The summed E-state index contributed by atoms with van der Waals surface area (Å²) in [6, 6.07) is 5.38. The van der Waals surface area contributed by atoms with Gasteiger partial charge in [-0.1, -0.05) is 29.3 Å². The molecule has 6 nitrogen and oxygen atoms in total. The van der Waals surface area contributed by atoms with E-state index >= 15 is 0 Å². The second kappa shape index (κ2) is 7.89. The molecular weight excluding hydrogens is 401 g/mol. The normalized spacial score (nSPS) is 11.6. The topological polar surface area (TPSA) is 74.1 Å². The summed E-state index contributed by atoms with van der Waals surface area (Å²) in [5.41, 5.74) is 2.10. The Hall–Kier alpha value is -2.44. The third-order valence-corrected chi connectivity index (χ3v) is 4.71. The Kier molecular flexibility index (Phi) is 5.72. The molecule has 0 fully saturated rings. The molecule has 3 aromatic rings. The van der Waals surface area contributed by atoms with Gasteiger partial charge in [-0.3, -0.25) is 4.98 Å². The number of ether oxygens (including phenoxy) is 1. The lowest BCUT2D eigenvalue weighted by Crippen LogP contribution is -2.27. The number of nitrogens with zero attached hydrogens (tertiary/aromatic N) is 3. The number of pyridine rings is 1. The van der Waals surface area contributed by atoms with Crippen molar-refractivity contribution in [1.29, 1.82) is 0 Å². The van der Waals surface area contributed by atoms with E-state index in [2.05, 4.69) is 10.1 Å². The number of fused-ring (bicyclic) bond motifs is 1. The van der Waals surface area contributed by atoms with Crippen molar-refractivity contribution in [2.75, 3.05) is 0 Å². The summed E-state index contributed by atoms with van der Waals surface area (Å²) in [5, 5.41) is 5.63. The highest BCUT2D eigenvalue weighted by molar-refractivity contribution is 6.45. The minimum atomic E-state index is -0.626. The lowest BCUT2D eigenvalue weighted by atomic mass is 10.0. The average Bonchev–Trinajstić information content (AvgIpc) is 3.11. The SMILES string of the molecule is CC(C)(C)OC(=O)n1cc(-c2cc(CCC=O)nc3c(Cl)c(Cl)ccc23)cn1. The zero-order valence-corrected chi connectivity index (χ0v) is 17.2. The van der Waals surface area contributed by atoms with Crippen LogP contribution in [0.25, 0.3) is 22.0 Å². The van der Waals surface area contributed by atoms with Crippen LogP contribution in [0, 0.1) is 0 Å². The quantitative estimate of drug-likeness (QED) is 0.534. The molecule has 0 bridgehead atoms. The van der Waals surface area contributed by atoms with Crippen molar-refractivity contribution >= 4 is 46.5 Å². The zero-order valence-electron chi connectivity index (χ0n) is 15.7. The van der Waals surface area contributed by atoms with Gasteiger partial charge in [-0.15, -0.1) is 0 Å². The number of aldehydes is 1. The van der Waals surface area contributed by atoms with Gasteiger partial charge in [-0.2, -0.15) is 9.78 Å². The third kappa shape index (κ3) is 4.34. The Balaban J connectivity index is 2.10. The number of rotatable bonds is 4. The van der Waals surface area contributed by atoms with Crippen LogP contribution in [-0.4, -0.2) is 32.7 Å². The summed E-state index contributed by atoms with van der Waals surface area (Å²) < 4.78 is 6.49. The van der Waals surface area contributed by atoms with E-state index in [4.69, 9.17) is 27.9 Å². The number of aromatic nitrogens is 3. The summed E-state index contributed by atoms with van der Waals surface area (Å²) in [6.45, 7) is 5.37. The molecule has 3 rings (SSSR count). The maximum Gasteiger partial charge on any atom is 0.435 e. The van der Waals surface area contributed by atoms with Gasteiger partial charge in [0.1, 0.15) is 11.9 Å². The molecule has 0 saturated heterocycles. The van der Waals surface area contributed by atoms with Crippen molar-refractivity contribution in [1.82, 2.24) is 14.8 Å². The second-order valence-corrected chi connectivity index (χ2v) is 8.06. The lowest BCUT2D eigenvalue weighted by Gasteiger charge is -2.18. The average molecular weight is 420 g/mol. The van der Waals surface area contributed by atoms with Gasteiger partial charge in [0.15, 0.2) is 0 Å². The molecule has 28 heavy (non-hydrogen) atoms. The van der Waals surface area contributed by atoms with Gasteiger partial charge < -0.3 is 9.53 Å². The van der Waals surface area contributed by atoms with E-state index in [0.717, 1.165) is 21.9 Å². The van der Waals surface area contributed by atoms with Crippen LogP contribution in [0.3, 0.4) is 0 Å². The fourth-order valence-corrected chi connectivity index (χ4v) is 3.09. The van der Waals surface area contributed by atoms with Crippen LogP contribution in [0.15, 0.2) is 30.6 Å². The van der Waals surface area contributed by atoms with Crippen LogP contribution in [0.5, 0.6) is 0 Å². The molecule has 0 radical (unpaired) electrons. The minimum Gasteiger partial charge on any atom is -0.442 e. The number of hydrogen-bond donors (Lipinski definition) is 0. The van der Waals surface area contributed by atoms with Gasteiger partial charge in [-0.05, 0) is 44.9 Å². The first-order chi connectivity index (χ1) is 13.2. The van der Waals surface area contributed by atoms with E-state index in [0.29, 0.717) is 39.7 Å². The number of carbonyl (C=O) groups is 2. The minimum absolute atomic E-state index is 0.341. The van der Waals surface area contributed by atoms with Gasteiger partial charge in [-0.25, -0.2) is 4.79 Å². The molecular formula is C20H19Cl2N3O3. The fourth-order valence-electron chi connectivity index (χ4n) is 2.73. The third-order valence-electron chi connectivity index (χ3n) is 3.92. The Morgan fingerprint density at radius 3 is 2.71 bits per heavy atom. The summed E-state index contributed by atoms with van der Waals surface area (Å²) in [7, 11) is 0. The Labute approximate surface area is 172 Å². The van der Waals surface area contributed by atoms with Gasteiger partial charge in [0.05, 0.1) is 21.8 Å². The maximum absolute atomic E-state index is 12.3. The Morgan fingerprint density at radius 1 is 1.29 bits per heavy atom. The van der Waals surface area contributed by atoms with E-state index in [1.165, 1.54) is 0 Å². The first-order valence-electron chi connectivity index (χ1n) is 8.69. The predicted octanol–water partition coefficient (Wildman–Crippen LogP) is 5.32. The molecule has 0 unspecified atom stereocenters. The van der Waals surface area contributed by atoms with Crippen LogP contribution in [0.4, 0.5) is 4.79 Å². The van der Waals surface area contributed by atoms with Crippen molar-refractivity contribution in [3.05, 3.63) is 46.3 Å². The highest BCUT2D eigenvalue weighted by Crippen LogP contribution is 2.35. The Bertz CT molecular complexity index is 1050. The first-order valence-corrected chi connectivity index (χ1v) is 9.45. The monoisotopic (exact) mass is 419 g/mol. The summed E-state index contributed by atoms with van der Waals surface area (Å²) in [6.07, 6.45) is 4.24. The highest BCUT2D eigenvalue weighted by Gasteiger charge is 2.20. The molecule has 0 atom stereocenters. The van der Waals surface area contributed by atoms with Gasteiger partial charge in [0, 0.05) is 29.3 Å². The maximum atomic E-state index is 12.3. The zero-order chi connectivity index (χ0) is 20.5. The molecule has 2 heterocycles. The largest absolute Gasteiger partial charge is 0.442 e. The standard InChI is InChI=1S/C20H19Cl2N3O3/c1-20(2,3)28-19(27)25-11-12(10-23-25)15-9-13(5-4-8-26)24-18-14(15)6-7-16(21)17(18)22/h6-11H,4-5H2,1-3H3. The molecule has 8 heteroatoms. The molecule has 0 aliphatic heterocycles. The predicted molar refractivity (Wildman–Crippen MR) is 109 cm³/mol. The Morgan fingerprint density at radius 2 is 2.04 bits per heavy atom. The van der Waals surface area contributed by atoms with Crippen molar-refractivity contribution in [2.45, 2.75) is 39.2 Å². The van der Waals surface area contributed by atoms with E-state index < -0.39 is 11.7 Å². The summed E-state index contributed by atoms with van der Waals surface area (Å²) in [4.78, 5) is 27.6. The second-order valence-electron chi connectivity index (χ2n) is 7.28. The smallest absolute Gasteiger partial charge is 0.435 e. The van der Waals surface area contributed by atoms with Crippen LogP contribution in [-0.2, 0) is 16.0 Å².